The lowest BCUT2D eigenvalue weighted by molar-refractivity contribution is -0.123. The van der Waals surface area contributed by atoms with Crippen LogP contribution in [0.3, 0.4) is 0 Å². The number of aliphatic hydroxyl groups is 2. The van der Waals surface area contributed by atoms with Crippen LogP contribution in [0.4, 0.5) is 0 Å². The number of allylic oxidation sites excluding steroid dienone is 14. The molecule has 0 aliphatic carbocycles. The van der Waals surface area contributed by atoms with Crippen LogP contribution in [0.5, 0.6) is 0 Å². The molecule has 2 atom stereocenters. The Morgan fingerprint density at radius 1 is 0.352 bits per heavy atom. The Kier molecular flexibility index (Phi) is 59.8. The number of aliphatic hydroxyl groups excluding tert-OH is 2. The van der Waals surface area contributed by atoms with Crippen molar-refractivity contribution in [2.45, 2.75) is 328 Å². The fourth-order valence-electron chi connectivity index (χ4n) is 9.46. The molecule has 0 aromatic heterocycles. The van der Waals surface area contributed by atoms with Gasteiger partial charge >= 0.3 is 0 Å². The van der Waals surface area contributed by atoms with Gasteiger partial charge in [-0.2, -0.15) is 0 Å². The van der Waals surface area contributed by atoms with E-state index in [0.717, 1.165) is 83.5 Å². The number of amides is 1. The first-order valence-corrected chi connectivity index (χ1v) is 31.3. The Balaban J connectivity index is 3.50. The Morgan fingerprint density at radius 3 is 0.930 bits per heavy atom. The molecule has 3 N–H and O–H groups in total. The van der Waals surface area contributed by atoms with Gasteiger partial charge in [-0.15, -0.1) is 0 Å². The van der Waals surface area contributed by atoms with E-state index in [1.807, 2.05) is 0 Å². The summed E-state index contributed by atoms with van der Waals surface area (Å²) in [7, 11) is 0. The smallest absolute Gasteiger partial charge is 0.220 e. The maximum atomic E-state index is 12.5. The number of carbonyl (C=O) groups is 1. The molecule has 0 aliphatic heterocycles. The predicted molar refractivity (Wildman–Crippen MR) is 317 cm³/mol. The van der Waals surface area contributed by atoms with Gasteiger partial charge in [0.2, 0.25) is 5.91 Å². The van der Waals surface area contributed by atoms with E-state index < -0.39 is 12.1 Å². The minimum absolute atomic E-state index is 0.0496. The molecule has 0 fully saturated rings. The number of nitrogens with one attached hydrogen (secondary N) is 1. The van der Waals surface area contributed by atoms with Crippen molar-refractivity contribution in [1.29, 1.82) is 0 Å². The lowest BCUT2D eigenvalue weighted by atomic mass is 10.0. The van der Waals surface area contributed by atoms with E-state index in [2.05, 4.69) is 104 Å². The zero-order valence-corrected chi connectivity index (χ0v) is 47.5. The lowest BCUT2D eigenvalue weighted by Gasteiger charge is -2.22. The summed E-state index contributed by atoms with van der Waals surface area (Å²) in [5, 5.41) is 23.4. The molecular weight excluding hydrogens is 867 g/mol. The average molecular weight is 989 g/mol. The summed E-state index contributed by atoms with van der Waals surface area (Å²) in [6, 6.07) is -0.555. The molecule has 4 heteroatoms. The highest BCUT2D eigenvalue weighted by atomic mass is 16.3. The van der Waals surface area contributed by atoms with Crippen molar-refractivity contribution in [2.24, 2.45) is 0 Å². The molecule has 0 rings (SSSR count). The van der Waals surface area contributed by atoms with Crippen LogP contribution < -0.4 is 5.32 Å². The molecular formula is C67H121NO3. The maximum Gasteiger partial charge on any atom is 0.220 e. The molecule has 1 amide bonds. The molecule has 0 spiro atoms. The number of hydrogen-bond acceptors (Lipinski definition) is 3. The topological polar surface area (TPSA) is 69.6 Å². The van der Waals surface area contributed by atoms with Crippen LogP contribution in [0, 0.1) is 0 Å². The van der Waals surface area contributed by atoms with Crippen LogP contribution in [0.2, 0.25) is 0 Å². The highest BCUT2D eigenvalue weighted by molar-refractivity contribution is 5.76. The van der Waals surface area contributed by atoms with Crippen LogP contribution >= 0.6 is 0 Å². The van der Waals surface area contributed by atoms with Crippen LogP contribution in [0.1, 0.15) is 316 Å². The minimum Gasteiger partial charge on any atom is -0.394 e. The molecule has 71 heavy (non-hydrogen) atoms. The standard InChI is InChI=1S/C67H121NO3/c1-3-5-7-9-11-13-15-17-19-21-23-25-27-29-31-32-33-34-35-37-38-40-42-44-46-48-50-52-54-56-58-60-62-66(70)65(64-69)68-67(71)63-61-59-57-55-53-51-49-47-45-43-41-39-36-30-28-26-24-22-20-18-16-14-12-10-8-6-4-2/h6,8,12,14,18,20,24,26,30,36,41,43,47,49,65-66,69-70H,3-5,7,9-11,13,15-17,19,21-23,25,27-29,31-35,37-40,42,44-46,48,50-64H2,1-2H3,(H,68,71)/b8-6-,14-12-,20-18-,26-24-,36-30-,43-41-,49-47-. The van der Waals surface area contributed by atoms with Crippen molar-refractivity contribution in [3.8, 4) is 0 Å². The molecule has 0 aliphatic rings. The lowest BCUT2D eigenvalue weighted by Crippen LogP contribution is -2.45. The Hall–Kier alpha value is -2.43. The van der Waals surface area contributed by atoms with E-state index in [4.69, 9.17) is 0 Å². The first-order valence-electron chi connectivity index (χ1n) is 31.3. The number of unbranched alkanes of at least 4 members (excludes halogenated alkanes) is 36. The molecule has 0 saturated carbocycles. The Morgan fingerprint density at radius 2 is 0.620 bits per heavy atom. The summed E-state index contributed by atoms with van der Waals surface area (Å²) in [4.78, 5) is 12.5. The Labute approximate surface area is 443 Å². The summed E-state index contributed by atoms with van der Waals surface area (Å²) in [5.74, 6) is -0.0496. The van der Waals surface area contributed by atoms with E-state index in [1.165, 1.54) is 205 Å². The molecule has 0 saturated heterocycles. The second-order valence-corrected chi connectivity index (χ2v) is 21.1. The van der Waals surface area contributed by atoms with Crippen LogP contribution in [-0.2, 0) is 4.79 Å². The first kappa shape index (κ1) is 68.6. The van der Waals surface area contributed by atoms with Gasteiger partial charge in [0, 0.05) is 6.42 Å². The summed E-state index contributed by atoms with van der Waals surface area (Å²) < 4.78 is 0. The van der Waals surface area contributed by atoms with E-state index >= 15 is 0 Å². The van der Waals surface area contributed by atoms with Gasteiger partial charge in [0.25, 0.3) is 0 Å². The third kappa shape index (κ3) is 58.3. The zero-order chi connectivity index (χ0) is 51.3. The minimum atomic E-state index is -0.676. The second kappa shape index (κ2) is 61.9. The molecule has 412 valence electrons. The largest absolute Gasteiger partial charge is 0.394 e. The van der Waals surface area contributed by atoms with E-state index in [0.29, 0.717) is 12.8 Å². The van der Waals surface area contributed by atoms with E-state index in [-0.39, 0.29) is 12.5 Å². The fourth-order valence-corrected chi connectivity index (χ4v) is 9.46. The molecule has 2 unspecified atom stereocenters. The maximum absolute atomic E-state index is 12.5. The third-order valence-corrected chi connectivity index (χ3v) is 14.2. The number of hydrogen-bond donors (Lipinski definition) is 3. The third-order valence-electron chi connectivity index (χ3n) is 14.2. The van der Waals surface area contributed by atoms with Crippen LogP contribution in [0.15, 0.2) is 85.1 Å². The highest BCUT2D eigenvalue weighted by Gasteiger charge is 2.20. The summed E-state index contributed by atoms with van der Waals surface area (Å²) in [6.07, 6.45) is 90.3. The molecule has 4 nitrogen and oxygen atoms in total. The van der Waals surface area contributed by atoms with Gasteiger partial charge < -0.3 is 15.5 Å². The monoisotopic (exact) mass is 988 g/mol. The van der Waals surface area contributed by atoms with E-state index in [1.54, 1.807) is 0 Å². The normalized spacial score (nSPS) is 13.4. The van der Waals surface area contributed by atoms with Crippen molar-refractivity contribution in [3.63, 3.8) is 0 Å². The van der Waals surface area contributed by atoms with Gasteiger partial charge in [0.15, 0.2) is 0 Å². The predicted octanol–water partition coefficient (Wildman–Crippen LogP) is 21.1. The average Bonchev–Trinajstić information content (AvgIpc) is 3.37. The fraction of sp³-hybridized carbons (Fsp3) is 0.776. The van der Waals surface area contributed by atoms with Crippen molar-refractivity contribution < 1.29 is 15.0 Å². The number of rotatable bonds is 57. The van der Waals surface area contributed by atoms with Gasteiger partial charge in [-0.3, -0.25) is 4.79 Å². The van der Waals surface area contributed by atoms with Crippen molar-refractivity contribution >= 4 is 5.91 Å². The summed E-state index contributed by atoms with van der Waals surface area (Å²) in [6.45, 7) is 4.26. The van der Waals surface area contributed by atoms with Gasteiger partial charge in [0.1, 0.15) is 0 Å². The van der Waals surface area contributed by atoms with Crippen LogP contribution in [0.25, 0.3) is 0 Å². The molecule has 0 bridgehead atoms. The van der Waals surface area contributed by atoms with Crippen molar-refractivity contribution in [2.75, 3.05) is 6.61 Å². The summed E-state index contributed by atoms with van der Waals surface area (Å²) in [5.41, 5.74) is 0. The van der Waals surface area contributed by atoms with E-state index in [9.17, 15) is 15.0 Å². The van der Waals surface area contributed by atoms with Gasteiger partial charge in [-0.25, -0.2) is 0 Å². The quantitative estimate of drug-likeness (QED) is 0.0420. The Bertz CT molecular complexity index is 1260. The van der Waals surface area contributed by atoms with Gasteiger partial charge in [-0.1, -0.05) is 324 Å². The zero-order valence-electron chi connectivity index (χ0n) is 47.5. The van der Waals surface area contributed by atoms with Gasteiger partial charge in [0.05, 0.1) is 18.8 Å². The molecule has 0 heterocycles. The van der Waals surface area contributed by atoms with Crippen LogP contribution in [-0.4, -0.2) is 34.9 Å². The molecule has 0 aromatic carbocycles. The summed E-state index contributed by atoms with van der Waals surface area (Å²) >= 11 is 0. The van der Waals surface area contributed by atoms with Gasteiger partial charge in [-0.05, 0) is 70.6 Å². The van der Waals surface area contributed by atoms with Crippen molar-refractivity contribution in [3.05, 3.63) is 85.1 Å². The molecule has 0 aromatic rings. The second-order valence-electron chi connectivity index (χ2n) is 21.1. The first-order chi connectivity index (χ1) is 35.2. The number of carbonyl (C=O) groups excluding carboxylic acids is 1. The van der Waals surface area contributed by atoms with Crippen molar-refractivity contribution in [1.82, 2.24) is 5.32 Å². The highest BCUT2D eigenvalue weighted by Crippen LogP contribution is 2.18. The molecule has 0 radical (unpaired) electrons. The SMILES string of the molecule is CC/C=C\C/C=C\C/C=C\C/C=C\C/C=C\C/C=C\C/C=C\CCCCCCCC(=O)NC(CO)C(O)CCCCCCCCCCCCCCCCCCCCCCCCCCCCCCCCCC.